The predicted octanol–water partition coefficient (Wildman–Crippen LogP) is 4.67. The summed E-state index contributed by atoms with van der Waals surface area (Å²) in [5.41, 5.74) is 2.93. The van der Waals surface area contributed by atoms with Crippen molar-refractivity contribution >= 4 is 40.2 Å². The second-order valence-corrected chi connectivity index (χ2v) is 9.31. The summed E-state index contributed by atoms with van der Waals surface area (Å²) >= 11 is 7.56. The predicted molar refractivity (Wildman–Crippen MR) is 130 cm³/mol. The van der Waals surface area contributed by atoms with E-state index in [2.05, 4.69) is 31.1 Å². The van der Waals surface area contributed by atoms with E-state index in [0.717, 1.165) is 47.3 Å². The highest BCUT2D eigenvalue weighted by Gasteiger charge is 2.23. The zero-order valence-corrected chi connectivity index (χ0v) is 19.5. The number of H-pyrrole nitrogens is 1. The van der Waals surface area contributed by atoms with Crippen LogP contribution in [0.1, 0.15) is 18.4 Å². The van der Waals surface area contributed by atoms with Crippen molar-refractivity contribution in [2.45, 2.75) is 37.2 Å². The third-order valence-electron chi connectivity index (χ3n) is 5.72. The molecule has 1 aliphatic heterocycles. The van der Waals surface area contributed by atoms with E-state index in [0.29, 0.717) is 23.3 Å². The molecule has 9 heteroatoms. The monoisotopic (exact) mass is 481 g/mol. The van der Waals surface area contributed by atoms with E-state index in [4.69, 9.17) is 16.3 Å². The van der Waals surface area contributed by atoms with Gasteiger partial charge in [-0.25, -0.2) is 0 Å². The maximum absolute atomic E-state index is 12.5. The van der Waals surface area contributed by atoms with Crippen molar-refractivity contribution < 1.29 is 9.53 Å². The Labute approximate surface area is 200 Å². The second-order valence-electron chi connectivity index (χ2n) is 7.96. The number of para-hydroxylation sites is 1. The fraction of sp³-hybridized carbons (Fsp3) is 0.292. The number of carbonyl (C=O) groups excluding carboxylic acids is 1. The molecular formula is C24H24ClN5O2S. The molecule has 1 unspecified atom stereocenters. The molecule has 2 aromatic heterocycles. The smallest absolute Gasteiger partial charge is 0.230 e. The van der Waals surface area contributed by atoms with Crippen LogP contribution in [0, 0.1) is 0 Å². The molecule has 1 atom stereocenters. The van der Waals surface area contributed by atoms with Gasteiger partial charge >= 0.3 is 0 Å². The van der Waals surface area contributed by atoms with Crippen LogP contribution in [0.2, 0.25) is 5.02 Å². The van der Waals surface area contributed by atoms with E-state index in [1.807, 2.05) is 48.7 Å². The lowest BCUT2D eigenvalue weighted by Crippen LogP contribution is -2.25. The highest BCUT2D eigenvalue weighted by Crippen LogP contribution is 2.31. The van der Waals surface area contributed by atoms with Gasteiger partial charge in [0.25, 0.3) is 0 Å². The number of benzene rings is 2. The number of rotatable bonds is 8. The minimum Gasteiger partial charge on any atom is -0.376 e. The van der Waals surface area contributed by atoms with Crippen LogP contribution in [-0.2, 0) is 22.6 Å². The lowest BCUT2D eigenvalue weighted by molar-refractivity contribution is -0.118. The number of amides is 1. The maximum atomic E-state index is 12.5. The number of nitrogens with one attached hydrogen (secondary N) is 2. The molecule has 1 amide bonds. The van der Waals surface area contributed by atoms with Crippen LogP contribution in [0.3, 0.4) is 0 Å². The van der Waals surface area contributed by atoms with Gasteiger partial charge in [0, 0.05) is 40.8 Å². The first-order chi connectivity index (χ1) is 16.2. The topological polar surface area (TPSA) is 84.8 Å². The molecule has 0 radical (unpaired) electrons. The third kappa shape index (κ3) is 4.93. The van der Waals surface area contributed by atoms with Crippen LogP contribution in [0.5, 0.6) is 0 Å². The van der Waals surface area contributed by atoms with Crippen LogP contribution < -0.4 is 5.32 Å². The highest BCUT2D eigenvalue weighted by molar-refractivity contribution is 7.99. The first-order valence-electron chi connectivity index (χ1n) is 10.9. The summed E-state index contributed by atoms with van der Waals surface area (Å²) in [7, 11) is 0. The number of thioether (sulfide) groups is 1. The SMILES string of the molecule is O=C(CSc1nnc(-c2c[nH]c3ccccc23)n1CC1CCCO1)NCc1ccccc1Cl. The molecule has 5 rings (SSSR count). The van der Waals surface area contributed by atoms with Crippen molar-refractivity contribution in [3.8, 4) is 11.4 Å². The summed E-state index contributed by atoms with van der Waals surface area (Å²) < 4.78 is 7.96. The van der Waals surface area contributed by atoms with E-state index in [1.165, 1.54) is 11.8 Å². The molecule has 4 aromatic rings. The van der Waals surface area contributed by atoms with Gasteiger partial charge in [-0.1, -0.05) is 59.8 Å². The van der Waals surface area contributed by atoms with Crippen molar-refractivity contribution in [3.63, 3.8) is 0 Å². The lowest BCUT2D eigenvalue weighted by Gasteiger charge is -2.14. The Balaban J connectivity index is 1.33. The number of ether oxygens (including phenoxy) is 1. The number of hydrogen-bond donors (Lipinski definition) is 2. The van der Waals surface area contributed by atoms with Crippen LogP contribution in [0.4, 0.5) is 0 Å². The quantitative estimate of drug-likeness (QED) is 0.357. The molecule has 1 saturated heterocycles. The molecule has 0 aliphatic carbocycles. The zero-order valence-electron chi connectivity index (χ0n) is 18.0. The van der Waals surface area contributed by atoms with Gasteiger partial charge in [-0.2, -0.15) is 0 Å². The van der Waals surface area contributed by atoms with E-state index < -0.39 is 0 Å². The molecule has 1 fully saturated rings. The third-order valence-corrected chi connectivity index (χ3v) is 7.06. The number of aromatic amines is 1. The molecule has 3 heterocycles. The van der Waals surface area contributed by atoms with Gasteiger partial charge in [0.05, 0.1) is 18.4 Å². The Hall–Kier alpha value is -2.81. The summed E-state index contributed by atoms with van der Waals surface area (Å²) in [4.78, 5) is 15.8. The summed E-state index contributed by atoms with van der Waals surface area (Å²) in [5, 5.41) is 14.3. The Morgan fingerprint density at radius 1 is 1.21 bits per heavy atom. The van der Waals surface area contributed by atoms with Gasteiger partial charge in [-0.15, -0.1) is 10.2 Å². The van der Waals surface area contributed by atoms with Crippen molar-refractivity contribution in [1.29, 1.82) is 0 Å². The molecule has 2 N–H and O–H groups in total. The molecule has 33 heavy (non-hydrogen) atoms. The molecule has 170 valence electrons. The molecule has 0 spiro atoms. The molecule has 7 nitrogen and oxygen atoms in total. The average molecular weight is 482 g/mol. The molecule has 1 aliphatic rings. The lowest BCUT2D eigenvalue weighted by atomic mass is 10.1. The molecule has 0 saturated carbocycles. The summed E-state index contributed by atoms with van der Waals surface area (Å²) in [5.74, 6) is 0.935. The van der Waals surface area contributed by atoms with Crippen LogP contribution in [-0.4, -0.2) is 44.1 Å². The van der Waals surface area contributed by atoms with Crippen molar-refractivity contribution in [2.75, 3.05) is 12.4 Å². The molecular weight excluding hydrogens is 458 g/mol. The van der Waals surface area contributed by atoms with Gasteiger partial charge < -0.3 is 15.0 Å². The minimum atomic E-state index is -0.0831. The van der Waals surface area contributed by atoms with Gasteiger partial charge in [0.1, 0.15) is 0 Å². The summed E-state index contributed by atoms with van der Waals surface area (Å²) in [6.07, 6.45) is 4.15. The van der Waals surface area contributed by atoms with Gasteiger partial charge in [0.15, 0.2) is 11.0 Å². The summed E-state index contributed by atoms with van der Waals surface area (Å²) in [6, 6.07) is 15.6. The van der Waals surface area contributed by atoms with Crippen LogP contribution in [0.15, 0.2) is 59.9 Å². The number of fused-ring (bicyclic) bond motifs is 1. The van der Waals surface area contributed by atoms with Crippen molar-refractivity contribution in [2.24, 2.45) is 0 Å². The van der Waals surface area contributed by atoms with E-state index >= 15 is 0 Å². The van der Waals surface area contributed by atoms with Crippen molar-refractivity contribution in [1.82, 2.24) is 25.1 Å². The highest BCUT2D eigenvalue weighted by atomic mass is 35.5. The second kappa shape index (κ2) is 9.99. The fourth-order valence-electron chi connectivity index (χ4n) is 4.02. The van der Waals surface area contributed by atoms with Gasteiger partial charge in [-0.3, -0.25) is 9.36 Å². The summed E-state index contributed by atoms with van der Waals surface area (Å²) in [6.45, 7) is 1.83. The van der Waals surface area contributed by atoms with E-state index in [9.17, 15) is 4.79 Å². The molecule has 2 aromatic carbocycles. The minimum absolute atomic E-state index is 0.0831. The first-order valence-corrected chi connectivity index (χ1v) is 12.3. The van der Waals surface area contributed by atoms with Crippen LogP contribution >= 0.6 is 23.4 Å². The largest absolute Gasteiger partial charge is 0.376 e. The Kier molecular flexibility index (Phi) is 6.66. The van der Waals surface area contributed by atoms with Crippen molar-refractivity contribution in [3.05, 3.63) is 65.3 Å². The Bertz CT molecular complexity index is 1260. The molecule has 0 bridgehead atoms. The zero-order chi connectivity index (χ0) is 22.6. The Morgan fingerprint density at radius 2 is 2.06 bits per heavy atom. The van der Waals surface area contributed by atoms with E-state index in [1.54, 1.807) is 0 Å². The first kappa shape index (κ1) is 22.0. The van der Waals surface area contributed by atoms with Gasteiger partial charge in [0.2, 0.25) is 5.91 Å². The fourth-order valence-corrected chi connectivity index (χ4v) is 5.00. The maximum Gasteiger partial charge on any atom is 0.230 e. The number of aromatic nitrogens is 4. The van der Waals surface area contributed by atoms with Crippen LogP contribution in [0.25, 0.3) is 22.3 Å². The number of carbonyl (C=O) groups is 1. The number of hydrogen-bond acceptors (Lipinski definition) is 5. The number of halogens is 1. The normalized spacial score (nSPS) is 15.8. The Morgan fingerprint density at radius 3 is 2.91 bits per heavy atom. The van der Waals surface area contributed by atoms with E-state index in [-0.39, 0.29) is 17.8 Å². The standard InChI is InChI=1S/C24H24ClN5O2S/c25-20-9-3-1-6-16(20)12-27-22(31)15-33-24-29-28-23(30(24)14-17-7-5-11-32-17)19-13-26-21-10-4-2-8-18(19)21/h1-4,6,8-10,13,17,26H,5,7,11-12,14-15H2,(H,27,31). The number of nitrogens with zero attached hydrogens (tertiary/aromatic N) is 3. The van der Waals surface area contributed by atoms with Gasteiger partial charge in [-0.05, 0) is 30.5 Å². The average Bonchev–Trinajstić information content (AvgIpc) is 3.58.